The monoisotopic (exact) mass is 523 g/mol. The first-order valence-corrected chi connectivity index (χ1v) is 12.1. The highest BCUT2D eigenvalue weighted by Gasteiger charge is 2.28. The molecule has 3 rings (SSSR count). The van der Waals surface area contributed by atoms with E-state index in [0.29, 0.717) is 29.4 Å². The number of anilines is 1. The van der Waals surface area contributed by atoms with E-state index in [1.807, 2.05) is 0 Å². The minimum atomic E-state index is -1.20. The van der Waals surface area contributed by atoms with Crippen molar-refractivity contribution in [3.05, 3.63) is 83.7 Å². The molecule has 0 spiro atoms. The lowest BCUT2D eigenvalue weighted by Crippen LogP contribution is -2.25. The van der Waals surface area contributed by atoms with Crippen molar-refractivity contribution in [3.8, 4) is 17.2 Å². The van der Waals surface area contributed by atoms with E-state index in [1.54, 1.807) is 75.4 Å². The van der Waals surface area contributed by atoms with E-state index in [0.717, 1.165) is 0 Å². The van der Waals surface area contributed by atoms with Gasteiger partial charge in [-0.25, -0.2) is 14.0 Å². The Bertz CT molecular complexity index is 1270. The standard InChI is InChI=1S/C28H30FN3O6/c1-4-35-21-16-22(24(29)23(17-21)36-5-2)25(27(33)37-6-3)31-19-14-12-18(13-15-19)26(30)32-28(34)38-20-10-8-7-9-11-20/h7-17,25,31H,4-6H2,1-3H3,(H2,30,32,34). The van der Waals surface area contributed by atoms with E-state index in [1.165, 1.54) is 12.1 Å². The zero-order valence-corrected chi connectivity index (χ0v) is 21.4. The van der Waals surface area contributed by atoms with Gasteiger partial charge in [-0.1, -0.05) is 18.2 Å². The van der Waals surface area contributed by atoms with Gasteiger partial charge in [0.2, 0.25) is 0 Å². The van der Waals surface area contributed by atoms with Gasteiger partial charge in [-0.3, -0.25) is 0 Å². The Balaban J connectivity index is 1.85. The summed E-state index contributed by atoms with van der Waals surface area (Å²) in [6.07, 6.45) is -0.868. The van der Waals surface area contributed by atoms with Crippen molar-refractivity contribution in [2.45, 2.75) is 26.8 Å². The first kappa shape index (κ1) is 28.0. The molecular weight excluding hydrogens is 493 g/mol. The van der Waals surface area contributed by atoms with E-state index in [-0.39, 0.29) is 30.4 Å². The number of halogens is 1. The first-order valence-electron chi connectivity index (χ1n) is 12.1. The number of esters is 1. The van der Waals surface area contributed by atoms with Crippen LogP contribution in [0.3, 0.4) is 0 Å². The summed E-state index contributed by atoms with van der Waals surface area (Å²) < 4.78 is 36.7. The van der Waals surface area contributed by atoms with Crippen molar-refractivity contribution in [3.63, 3.8) is 0 Å². The Morgan fingerprint density at radius 2 is 1.61 bits per heavy atom. The van der Waals surface area contributed by atoms with Crippen molar-refractivity contribution in [2.24, 2.45) is 10.7 Å². The van der Waals surface area contributed by atoms with Gasteiger partial charge in [0.15, 0.2) is 17.6 Å². The van der Waals surface area contributed by atoms with Crippen LogP contribution in [0, 0.1) is 5.82 Å². The Morgan fingerprint density at radius 3 is 2.24 bits per heavy atom. The van der Waals surface area contributed by atoms with Gasteiger partial charge in [-0.15, -0.1) is 0 Å². The van der Waals surface area contributed by atoms with Crippen molar-refractivity contribution >= 4 is 23.6 Å². The predicted molar refractivity (Wildman–Crippen MR) is 141 cm³/mol. The van der Waals surface area contributed by atoms with E-state index in [2.05, 4.69) is 10.3 Å². The van der Waals surface area contributed by atoms with E-state index in [4.69, 9.17) is 24.7 Å². The van der Waals surface area contributed by atoms with Crippen LogP contribution in [0.4, 0.5) is 14.9 Å². The quantitative estimate of drug-likeness (QED) is 0.199. The fraction of sp³-hybridized carbons (Fsp3) is 0.250. The summed E-state index contributed by atoms with van der Waals surface area (Å²) in [4.78, 5) is 28.7. The van der Waals surface area contributed by atoms with Crippen LogP contribution in [-0.4, -0.2) is 37.7 Å². The number of carbonyl (C=O) groups is 2. The van der Waals surface area contributed by atoms with Crippen LogP contribution in [0.15, 0.2) is 71.7 Å². The lowest BCUT2D eigenvalue weighted by Gasteiger charge is -2.21. The molecule has 10 heteroatoms. The molecule has 3 N–H and O–H groups in total. The van der Waals surface area contributed by atoms with Crippen LogP contribution >= 0.6 is 0 Å². The number of amidine groups is 1. The molecule has 0 aliphatic carbocycles. The molecule has 0 saturated carbocycles. The van der Waals surface area contributed by atoms with Gasteiger partial charge < -0.3 is 30.0 Å². The maximum absolute atomic E-state index is 15.4. The summed E-state index contributed by atoms with van der Waals surface area (Å²) >= 11 is 0. The number of rotatable bonds is 11. The van der Waals surface area contributed by atoms with Crippen molar-refractivity contribution in [1.82, 2.24) is 0 Å². The largest absolute Gasteiger partial charge is 0.494 e. The topological polar surface area (TPSA) is 121 Å². The van der Waals surface area contributed by atoms with Crippen LogP contribution in [0.25, 0.3) is 0 Å². The molecule has 0 bridgehead atoms. The summed E-state index contributed by atoms with van der Waals surface area (Å²) in [5.74, 6) is -0.790. The highest BCUT2D eigenvalue weighted by molar-refractivity contribution is 6.03. The molecule has 1 atom stereocenters. The van der Waals surface area contributed by atoms with Crippen molar-refractivity contribution < 1.29 is 32.9 Å². The molecule has 0 aromatic heterocycles. The second kappa shape index (κ2) is 13.6. The molecule has 0 aliphatic heterocycles. The fourth-order valence-corrected chi connectivity index (χ4v) is 3.48. The zero-order valence-electron chi connectivity index (χ0n) is 21.4. The van der Waals surface area contributed by atoms with Crippen molar-refractivity contribution in [2.75, 3.05) is 25.1 Å². The molecule has 0 heterocycles. The molecule has 0 aliphatic rings. The molecule has 3 aromatic rings. The Labute approximate surface area is 220 Å². The summed E-state index contributed by atoms with van der Waals surface area (Å²) in [6.45, 7) is 5.86. The Hall–Kier alpha value is -4.60. The Morgan fingerprint density at radius 1 is 0.921 bits per heavy atom. The van der Waals surface area contributed by atoms with Crippen LogP contribution in [0.5, 0.6) is 17.2 Å². The lowest BCUT2D eigenvalue weighted by atomic mass is 10.0. The molecule has 200 valence electrons. The maximum Gasteiger partial charge on any atom is 0.441 e. The zero-order chi connectivity index (χ0) is 27.5. The third-order valence-corrected chi connectivity index (χ3v) is 5.14. The first-order chi connectivity index (χ1) is 18.4. The third kappa shape index (κ3) is 7.45. The predicted octanol–water partition coefficient (Wildman–Crippen LogP) is 5.24. The van der Waals surface area contributed by atoms with Crippen LogP contribution in [0.1, 0.15) is 37.9 Å². The highest BCUT2D eigenvalue weighted by atomic mass is 19.1. The van der Waals surface area contributed by atoms with Gasteiger partial charge >= 0.3 is 12.1 Å². The molecule has 3 aromatic carbocycles. The van der Waals surface area contributed by atoms with E-state index in [9.17, 15) is 9.59 Å². The smallest absolute Gasteiger partial charge is 0.441 e. The highest BCUT2D eigenvalue weighted by Crippen LogP contribution is 2.33. The molecule has 1 amide bonds. The maximum atomic E-state index is 15.4. The van der Waals surface area contributed by atoms with Gasteiger partial charge in [-0.2, -0.15) is 4.99 Å². The average Bonchev–Trinajstić information content (AvgIpc) is 2.90. The van der Waals surface area contributed by atoms with Gasteiger partial charge in [0.1, 0.15) is 17.3 Å². The second-order valence-corrected chi connectivity index (χ2v) is 7.78. The van der Waals surface area contributed by atoms with Gasteiger partial charge in [0.25, 0.3) is 0 Å². The summed E-state index contributed by atoms with van der Waals surface area (Å²) in [5.41, 5.74) is 6.88. The summed E-state index contributed by atoms with van der Waals surface area (Å²) in [6, 6.07) is 16.6. The number of nitrogens with one attached hydrogen (secondary N) is 1. The van der Waals surface area contributed by atoms with Gasteiger partial charge in [-0.05, 0) is 63.2 Å². The lowest BCUT2D eigenvalue weighted by molar-refractivity contribution is -0.144. The number of nitrogens with zero attached hydrogens (tertiary/aromatic N) is 1. The molecule has 9 nitrogen and oxygen atoms in total. The minimum Gasteiger partial charge on any atom is -0.494 e. The molecular formula is C28H30FN3O6. The fourth-order valence-electron chi connectivity index (χ4n) is 3.48. The number of nitrogens with two attached hydrogens (primary N) is 1. The summed E-state index contributed by atoms with van der Waals surface area (Å²) in [7, 11) is 0. The SMILES string of the molecule is CCOC(=O)C(Nc1ccc(C(N)=NC(=O)Oc2ccccc2)cc1)c1cc(OCC)cc(OCC)c1F. The van der Waals surface area contributed by atoms with Crippen LogP contribution in [-0.2, 0) is 9.53 Å². The Kier molecular flexibility index (Phi) is 10.0. The number of para-hydroxylation sites is 1. The van der Waals surface area contributed by atoms with Crippen molar-refractivity contribution in [1.29, 1.82) is 0 Å². The second-order valence-electron chi connectivity index (χ2n) is 7.78. The number of carbonyl (C=O) groups excluding carboxylic acids is 2. The number of amides is 1. The third-order valence-electron chi connectivity index (χ3n) is 5.14. The minimum absolute atomic E-state index is 0.00617. The molecule has 0 saturated heterocycles. The van der Waals surface area contributed by atoms with Gasteiger partial charge in [0.05, 0.1) is 19.8 Å². The average molecular weight is 524 g/mol. The normalized spacial score (nSPS) is 11.8. The van der Waals surface area contributed by atoms with E-state index < -0.39 is 23.9 Å². The van der Waals surface area contributed by atoms with E-state index >= 15 is 4.39 Å². The summed E-state index contributed by atoms with van der Waals surface area (Å²) in [5, 5.41) is 3.00. The number of hydrogen-bond donors (Lipinski definition) is 2. The number of benzene rings is 3. The number of aliphatic imine (C=N–C) groups is 1. The van der Waals surface area contributed by atoms with Crippen LogP contribution in [0.2, 0.25) is 0 Å². The van der Waals surface area contributed by atoms with Crippen LogP contribution < -0.4 is 25.3 Å². The number of hydrogen-bond acceptors (Lipinski definition) is 7. The molecule has 1 unspecified atom stereocenters. The molecule has 0 fully saturated rings. The number of ether oxygens (including phenoxy) is 4. The molecule has 38 heavy (non-hydrogen) atoms. The van der Waals surface area contributed by atoms with Gasteiger partial charge in [0, 0.05) is 22.9 Å². The molecule has 0 radical (unpaired) electrons.